The van der Waals surface area contributed by atoms with E-state index in [0.29, 0.717) is 41.1 Å². The van der Waals surface area contributed by atoms with Crippen molar-refractivity contribution in [2.24, 2.45) is 0 Å². The van der Waals surface area contributed by atoms with Gasteiger partial charge in [-0.2, -0.15) is 4.98 Å². The second-order valence-electron chi connectivity index (χ2n) is 5.67. The van der Waals surface area contributed by atoms with E-state index in [0.717, 1.165) is 23.4 Å². The summed E-state index contributed by atoms with van der Waals surface area (Å²) >= 11 is 7.28. The lowest BCUT2D eigenvalue weighted by molar-refractivity contribution is -0.116. The van der Waals surface area contributed by atoms with Crippen molar-refractivity contribution in [2.75, 3.05) is 5.32 Å². The third-order valence-corrected chi connectivity index (χ3v) is 4.69. The zero-order valence-corrected chi connectivity index (χ0v) is 15.8. The number of halogens is 1. The highest BCUT2D eigenvalue weighted by molar-refractivity contribution is 7.15. The quantitative estimate of drug-likeness (QED) is 0.619. The second-order valence-corrected chi connectivity index (χ2v) is 7.17. The number of rotatable bonds is 8. The summed E-state index contributed by atoms with van der Waals surface area (Å²) in [6, 6.07) is 7.21. The molecule has 26 heavy (non-hydrogen) atoms. The number of nitrogens with one attached hydrogen (secondary N) is 1. The van der Waals surface area contributed by atoms with Gasteiger partial charge < -0.3 is 9.84 Å². The van der Waals surface area contributed by atoms with Gasteiger partial charge in [0.1, 0.15) is 5.01 Å². The number of amides is 1. The van der Waals surface area contributed by atoms with Gasteiger partial charge in [0.25, 0.3) is 0 Å². The van der Waals surface area contributed by atoms with Gasteiger partial charge in [-0.1, -0.05) is 35.0 Å². The van der Waals surface area contributed by atoms with Crippen LogP contribution in [0.2, 0.25) is 5.02 Å². The zero-order chi connectivity index (χ0) is 18.4. The van der Waals surface area contributed by atoms with E-state index in [1.54, 1.807) is 12.1 Å². The number of carbonyl (C=O) groups excluding carboxylic acids is 1. The van der Waals surface area contributed by atoms with E-state index in [1.807, 2.05) is 12.1 Å². The molecule has 9 heteroatoms. The minimum absolute atomic E-state index is 0.0957. The van der Waals surface area contributed by atoms with Crippen LogP contribution in [0.15, 0.2) is 28.8 Å². The van der Waals surface area contributed by atoms with E-state index >= 15 is 0 Å². The third kappa shape index (κ3) is 5.09. The number of aromatic nitrogens is 4. The van der Waals surface area contributed by atoms with Gasteiger partial charge >= 0.3 is 0 Å². The van der Waals surface area contributed by atoms with E-state index in [9.17, 15) is 4.79 Å². The summed E-state index contributed by atoms with van der Waals surface area (Å²) in [7, 11) is 0. The largest absolute Gasteiger partial charge is 0.339 e. The number of carbonyl (C=O) groups is 1. The van der Waals surface area contributed by atoms with Crippen LogP contribution in [0, 0.1) is 0 Å². The van der Waals surface area contributed by atoms with Crippen LogP contribution in [0.25, 0.3) is 11.4 Å². The molecule has 3 rings (SSSR count). The van der Waals surface area contributed by atoms with Gasteiger partial charge in [-0.25, -0.2) is 0 Å². The summed E-state index contributed by atoms with van der Waals surface area (Å²) in [5, 5.41) is 16.9. The first-order chi connectivity index (χ1) is 12.6. The Morgan fingerprint density at radius 2 is 2.04 bits per heavy atom. The van der Waals surface area contributed by atoms with E-state index in [2.05, 4.69) is 32.6 Å². The van der Waals surface area contributed by atoms with Crippen molar-refractivity contribution in [2.45, 2.75) is 39.0 Å². The average molecular weight is 392 g/mol. The molecule has 0 saturated carbocycles. The Morgan fingerprint density at radius 1 is 1.23 bits per heavy atom. The van der Waals surface area contributed by atoms with Crippen LogP contribution in [-0.2, 0) is 17.6 Å². The van der Waals surface area contributed by atoms with Crippen LogP contribution in [0.3, 0.4) is 0 Å². The minimum Gasteiger partial charge on any atom is -0.339 e. The van der Waals surface area contributed by atoms with Crippen LogP contribution >= 0.6 is 22.9 Å². The van der Waals surface area contributed by atoms with Crippen molar-refractivity contribution in [1.29, 1.82) is 0 Å². The van der Waals surface area contributed by atoms with E-state index < -0.39 is 0 Å². The van der Waals surface area contributed by atoms with Crippen LogP contribution in [0.4, 0.5) is 5.13 Å². The van der Waals surface area contributed by atoms with Crippen molar-refractivity contribution in [3.05, 3.63) is 40.2 Å². The molecule has 3 aromatic rings. The lowest BCUT2D eigenvalue weighted by atomic mass is 10.2. The SMILES string of the molecule is CCCc1nnc(NC(=O)CCCc2nc(-c3ccc(Cl)cc3)no2)s1. The predicted octanol–water partition coefficient (Wildman–Crippen LogP) is 4.16. The molecule has 1 N–H and O–H groups in total. The highest BCUT2D eigenvalue weighted by Gasteiger charge is 2.11. The Balaban J connectivity index is 1.45. The van der Waals surface area contributed by atoms with Gasteiger partial charge in [-0.15, -0.1) is 10.2 Å². The van der Waals surface area contributed by atoms with Crippen molar-refractivity contribution >= 4 is 34.0 Å². The van der Waals surface area contributed by atoms with E-state index in [4.69, 9.17) is 16.1 Å². The first-order valence-corrected chi connectivity index (χ1v) is 9.54. The molecule has 0 fully saturated rings. The van der Waals surface area contributed by atoms with Gasteiger partial charge in [0.2, 0.25) is 22.8 Å². The highest BCUT2D eigenvalue weighted by atomic mass is 35.5. The Labute approximate surface area is 159 Å². The normalized spacial score (nSPS) is 10.8. The number of aryl methyl sites for hydroxylation is 2. The molecule has 0 bridgehead atoms. The summed E-state index contributed by atoms with van der Waals surface area (Å²) in [5.41, 5.74) is 0.835. The van der Waals surface area contributed by atoms with Crippen molar-refractivity contribution < 1.29 is 9.32 Å². The standard InChI is InChI=1S/C17H18ClN5O2S/c1-2-4-15-21-22-17(26-15)19-13(24)5-3-6-14-20-16(23-25-14)11-7-9-12(18)10-8-11/h7-10H,2-6H2,1H3,(H,19,22,24). The maximum atomic E-state index is 12.0. The van der Waals surface area contributed by atoms with Gasteiger partial charge in [0.15, 0.2) is 0 Å². The lowest BCUT2D eigenvalue weighted by Crippen LogP contribution is -2.11. The summed E-state index contributed by atoms with van der Waals surface area (Å²) < 4.78 is 5.23. The molecule has 1 amide bonds. The smallest absolute Gasteiger partial charge is 0.226 e. The molecule has 0 spiro atoms. The third-order valence-electron chi connectivity index (χ3n) is 3.54. The topological polar surface area (TPSA) is 93.8 Å². The van der Waals surface area contributed by atoms with Gasteiger partial charge in [0.05, 0.1) is 0 Å². The first kappa shape index (κ1) is 18.5. The van der Waals surface area contributed by atoms with Gasteiger partial charge in [-0.3, -0.25) is 4.79 Å². The van der Waals surface area contributed by atoms with Gasteiger partial charge in [-0.05, 0) is 37.1 Å². The Hall–Kier alpha value is -2.32. The van der Waals surface area contributed by atoms with Crippen LogP contribution in [0.5, 0.6) is 0 Å². The summed E-state index contributed by atoms with van der Waals surface area (Å²) in [5.74, 6) is 0.920. The van der Waals surface area contributed by atoms with Crippen molar-refractivity contribution in [1.82, 2.24) is 20.3 Å². The molecule has 0 unspecified atom stereocenters. The molecule has 0 aliphatic rings. The predicted molar refractivity (Wildman–Crippen MR) is 100 cm³/mol. The molecular formula is C17H18ClN5O2S. The number of benzene rings is 1. The van der Waals surface area contributed by atoms with Crippen LogP contribution in [-0.4, -0.2) is 26.2 Å². The van der Waals surface area contributed by atoms with Crippen molar-refractivity contribution in [3.63, 3.8) is 0 Å². The zero-order valence-electron chi connectivity index (χ0n) is 14.2. The van der Waals surface area contributed by atoms with Crippen LogP contribution < -0.4 is 5.32 Å². The number of hydrogen-bond acceptors (Lipinski definition) is 7. The summed E-state index contributed by atoms with van der Waals surface area (Å²) in [4.78, 5) is 16.3. The minimum atomic E-state index is -0.0957. The highest BCUT2D eigenvalue weighted by Crippen LogP contribution is 2.20. The molecule has 7 nitrogen and oxygen atoms in total. The van der Waals surface area contributed by atoms with E-state index in [1.165, 1.54) is 11.3 Å². The molecule has 1 aromatic carbocycles. The summed E-state index contributed by atoms with van der Waals surface area (Å²) in [6.07, 6.45) is 3.37. The Kier molecular flexibility index (Phi) is 6.30. The fraction of sp³-hybridized carbons (Fsp3) is 0.353. The molecule has 0 aliphatic heterocycles. The molecule has 2 aromatic heterocycles. The molecular weight excluding hydrogens is 374 g/mol. The average Bonchev–Trinajstić information content (AvgIpc) is 3.26. The fourth-order valence-electron chi connectivity index (χ4n) is 2.27. The second kappa shape index (κ2) is 8.86. The maximum absolute atomic E-state index is 12.0. The lowest BCUT2D eigenvalue weighted by Gasteiger charge is -1.99. The molecule has 0 aliphatic carbocycles. The fourth-order valence-corrected chi connectivity index (χ4v) is 3.26. The Morgan fingerprint density at radius 3 is 2.81 bits per heavy atom. The molecule has 0 saturated heterocycles. The number of nitrogens with zero attached hydrogens (tertiary/aromatic N) is 4. The Bertz CT molecular complexity index is 862. The molecule has 136 valence electrons. The number of hydrogen-bond donors (Lipinski definition) is 1. The van der Waals surface area contributed by atoms with Crippen molar-refractivity contribution in [3.8, 4) is 11.4 Å². The van der Waals surface area contributed by atoms with E-state index in [-0.39, 0.29) is 5.91 Å². The molecule has 0 radical (unpaired) electrons. The molecule has 0 atom stereocenters. The summed E-state index contributed by atoms with van der Waals surface area (Å²) in [6.45, 7) is 2.08. The number of anilines is 1. The monoisotopic (exact) mass is 391 g/mol. The van der Waals surface area contributed by atoms with Crippen LogP contribution in [0.1, 0.15) is 37.1 Å². The first-order valence-electron chi connectivity index (χ1n) is 8.35. The molecule has 2 heterocycles. The van der Waals surface area contributed by atoms with Gasteiger partial charge in [0, 0.05) is 29.8 Å². The maximum Gasteiger partial charge on any atom is 0.226 e.